The number of nitrogens with zero attached hydrogens (tertiary/aromatic N) is 1. The van der Waals surface area contributed by atoms with Crippen molar-refractivity contribution in [2.24, 2.45) is 5.92 Å². The van der Waals surface area contributed by atoms with E-state index in [1.165, 1.54) is 58.3 Å². The molecule has 16 heavy (non-hydrogen) atoms. The molecule has 1 fully saturated rings. The third-order valence-electron chi connectivity index (χ3n) is 3.66. The van der Waals surface area contributed by atoms with Crippen LogP contribution < -0.4 is 5.32 Å². The van der Waals surface area contributed by atoms with Crippen molar-refractivity contribution < 1.29 is 0 Å². The number of hydrogen-bond acceptors (Lipinski definition) is 2. The minimum absolute atomic E-state index is 0.781. The molecule has 1 rings (SSSR count). The molecule has 2 heteroatoms. The zero-order valence-corrected chi connectivity index (χ0v) is 11.5. The fourth-order valence-electron chi connectivity index (χ4n) is 2.49. The summed E-state index contributed by atoms with van der Waals surface area (Å²) in [6, 6.07) is 0.781. The van der Waals surface area contributed by atoms with Gasteiger partial charge in [-0.05, 0) is 64.2 Å². The minimum Gasteiger partial charge on any atom is -0.314 e. The molecular formula is C14H30N2. The van der Waals surface area contributed by atoms with Gasteiger partial charge in [0.25, 0.3) is 0 Å². The van der Waals surface area contributed by atoms with E-state index in [1.54, 1.807) is 0 Å². The Morgan fingerprint density at radius 2 is 2.06 bits per heavy atom. The molecule has 0 saturated carbocycles. The molecule has 0 aliphatic carbocycles. The van der Waals surface area contributed by atoms with E-state index >= 15 is 0 Å². The number of rotatable bonds is 6. The maximum absolute atomic E-state index is 3.73. The topological polar surface area (TPSA) is 15.3 Å². The summed E-state index contributed by atoms with van der Waals surface area (Å²) >= 11 is 0. The highest BCUT2D eigenvalue weighted by molar-refractivity contribution is 4.74. The van der Waals surface area contributed by atoms with Gasteiger partial charge >= 0.3 is 0 Å². The molecule has 1 unspecified atom stereocenters. The van der Waals surface area contributed by atoms with Crippen LogP contribution in [0.25, 0.3) is 0 Å². The standard InChI is InChI=1S/C14H30N2/c1-4-16-11-6-8-14(9-12-16)15-10-5-7-13(2)3/h13-15H,4-12H2,1-3H3. The van der Waals surface area contributed by atoms with Crippen LogP contribution in [0, 0.1) is 5.92 Å². The fraction of sp³-hybridized carbons (Fsp3) is 1.00. The van der Waals surface area contributed by atoms with Gasteiger partial charge < -0.3 is 10.2 Å². The molecule has 1 saturated heterocycles. The van der Waals surface area contributed by atoms with Crippen LogP contribution in [0.1, 0.15) is 52.9 Å². The average Bonchev–Trinajstić information content (AvgIpc) is 2.49. The van der Waals surface area contributed by atoms with Gasteiger partial charge in [0.1, 0.15) is 0 Å². The van der Waals surface area contributed by atoms with Gasteiger partial charge in [-0.15, -0.1) is 0 Å². The molecule has 1 atom stereocenters. The summed E-state index contributed by atoms with van der Waals surface area (Å²) in [7, 11) is 0. The molecule has 0 bridgehead atoms. The zero-order chi connectivity index (χ0) is 11.8. The maximum Gasteiger partial charge on any atom is 0.00797 e. The summed E-state index contributed by atoms with van der Waals surface area (Å²) in [5.41, 5.74) is 0. The van der Waals surface area contributed by atoms with E-state index in [0.29, 0.717) is 0 Å². The van der Waals surface area contributed by atoms with Gasteiger partial charge in [0.15, 0.2) is 0 Å². The predicted octanol–water partition coefficient (Wildman–Crippen LogP) is 2.89. The lowest BCUT2D eigenvalue weighted by Gasteiger charge is -2.18. The van der Waals surface area contributed by atoms with Crippen molar-refractivity contribution in [3.8, 4) is 0 Å². The number of hydrogen-bond donors (Lipinski definition) is 1. The molecule has 0 amide bonds. The number of likely N-dealkylation sites (tertiary alicyclic amines) is 1. The monoisotopic (exact) mass is 226 g/mol. The van der Waals surface area contributed by atoms with Gasteiger partial charge in [-0.1, -0.05) is 20.8 Å². The molecule has 1 heterocycles. The maximum atomic E-state index is 3.73. The van der Waals surface area contributed by atoms with Gasteiger partial charge in [-0.3, -0.25) is 0 Å². The first-order chi connectivity index (χ1) is 7.72. The first kappa shape index (κ1) is 14.0. The van der Waals surface area contributed by atoms with Gasteiger partial charge in [-0.25, -0.2) is 0 Å². The second-order valence-corrected chi connectivity index (χ2v) is 5.55. The Bertz CT molecular complexity index is 168. The largest absolute Gasteiger partial charge is 0.314 e. The lowest BCUT2D eigenvalue weighted by molar-refractivity contribution is 0.297. The van der Waals surface area contributed by atoms with Crippen molar-refractivity contribution in [1.82, 2.24) is 10.2 Å². The molecule has 0 aromatic rings. The van der Waals surface area contributed by atoms with Gasteiger partial charge in [0, 0.05) is 6.04 Å². The van der Waals surface area contributed by atoms with Crippen LogP contribution >= 0.6 is 0 Å². The van der Waals surface area contributed by atoms with E-state index in [4.69, 9.17) is 0 Å². The van der Waals surface area contributed by atoms with Gasteiger partial charge in [0.05, 0.1) is 0 Å². The van der Waals surface area contributed by atoms with Crippen molar-refractivity contribution in [2.75, 3.05) is 26.2 Å². The van der Waals surface area contributed by atoms with Crippen molar-refractivity contribution in [3.05, 3.63) is 0 Å². The van der Waals surface area contributed by atoms with E-state index in [0.717, 1.165) is 12.0 Å². The van der Waals surface area contributed by atoms with Crippen molar-refractivity contribution in [1.29, 1.82) is 0 Å². The zero-order valence-electron chi connectivity index (χ0n) is 11.5. The highest BCUT2D eigenvalue weighted by atomic mass is 15.1. The summed E-state index contributed by atoms with van der Waals surface area (Å²) in [5, 5.41) is 3.73. The van der Waals surface area contributed by atoms with Crippen molar-refractivity contribution >= 4 is 0 Å². The van der Waals surface area contributed by atoms with Crippen LogP contribution in [-0.4, -0.2) is 37.1 Å². The smallest absolute Gasteiger partial charge is 0.00797 e. The van der Waals surface area contributed by atoms with Crippen molar-refractivity contribution in [3.63, 3.8) is 0 Å². The van der Waals surface area contributed by atoms with Gasteiger partial charge in [0.2, 0.25) is 0 Å². The third kappa shape index (κ3) is 5.86. The summed E-state index contributed by atoms with van der Waals surface area (Å²) in [6.07, 6.45) is 6.79. The highest BCUT2D eigenvalue weighted by Gasteiger charge is 2.14. The fourth-order valence-corrected chi connectivity index (χ4v) is 2.49. The molecule has 0 aromatic heterocycles. The second kappa shape index (κ2) is 8.08. The van der Waals surface area contributed by atoms with Crippen LogP contribution in [0.4, 0.5) is 0 Å². The molecule has 96 valence electrons. The van der Waals surface area contributed by atoms with Crippen LogP contribution in [-0.2, 0) is 0 Å². The van der Waals surface area contributed by atoms with E-state index < -0.39 is 0 Å². The molecule has 1 N–H and O–H groups in total. The Labute approximate surface area is 102 Å². The SMILES string of the molecule is CCN1CCCC(NCCCC(C)C)CC1. The van der Waals surface area contributed by atoms with Gasteiger partial charge in [-0.2, -0.15) is 0 Å². The van der Waals surface area contributed by atoms with Crippen LogP contribution in [0.2, 0.25) is 0 Å². The Kier molecular flexibility index (Phi) is 7.06. The van der Waals surface area contributed by atoms with Crippen LogP contribution in [0.3, 0.4) is 0 Å². The Morgan fingerprint density at radius 3 is 2.75 bits per heavy atom. The van der Waals surface area contributed by atoms with E-state index in [-0.39, 0.29) is 0 Å². The highest BCUT2D eigenvalue weighted by Crippen LogP contribution is 2.11. The Hall–Kier alpha value is -0.0800. The normalized spacial score (nSPS) is 23.6. The molecule has 0 spiro atoms. The van der Waals surface area contributed by atoms with Crippen molar-refractivity contribution in [2.45, 2.75) is 58.9 Å². The molecule has 2 nitrogen and oxygen atoms in total. The third-order valence-corrected chi connectivity index (χ3v) is 3.66. The predicted molar refractivity (Wildman–Crippen MR) is 71.8 cm³/mol. The first-order valence-electron chi connectivity index (χ1n) is 7.18. The van der Waals surface area contributed by atoms with Crippen LogP contribution in [0.15, 0.2) is 0 Å². The minimum atomic E-state index is 0.781. The summed E-state index contributed by atoms with van der Waals surface area (Å²) < 4.78 is 0. The summed E-state index contributed by atoms with van der Waals surface area (Å²) in [6.45, 7) is 11.9. The molecule has 0 aromatic carbocycles. The number of nitrogens with one attached hydrogen (secondary N) is 1. The second-order valence-electron chi connectivity index (χ2n) is 5.55. The molecule has 1 aliphatic rings. The Morgan fingerprint density at radius 1 is 1.25 bits per heavy atom. The average molecular weight is 226 g/mol. The molecular weight excluding hydrogens is 196 g/mol. The van der Waals surface area contributed by atoms with E-state index in [1.807, 2.05) is 0 Å². The van der Waals surface area contributed by atoms with Crippen LogP contribution in [0.5, 0.6) is 0 Å². The summed E-state index contributed by atoms with van der Waals surface area (Å²) in [5.74, 6) is 0.853. The lowest BCUT2D eigenvalue weighted by atomic mass is 10.1. The Balaban J connectivity index is 2.08. The van der Waals surface area contributed by atoms with E-state index in [9.17, 15) is 0 Å². The summed E-state index contributed by atoms with van der Waals surface area (Å²) in [4.78, 5) is 2.58. The quantitative estimate of drug-likeness (QED) is 0.701. The molecule has 1 aliphatic heterocycles. The first-order valence-corrected chi connectivity index (χ1v) is 7.18. The molecule has 0 radical (unpaired) electrons. The lowest BCUT2D eigenvalue weighted by Crippen LogP contribution is -2.31. The van der Waals surface area contributed by atoms with E-state index in [2.05, 4.69) is 31.0 Å².